The highest BCUT2D eigenvalue weighted by Gasteiger charge is 2.21. The van der Waals surface area contributed by atoms with Gasteiger partial charge in [-0.1, -0.05) is 35.3 Å². The van der Waals surface area contributed by atoms with Crippen molar-refractivity contribution in [1.82, 2.24) is 0 Å². The first-order chi connectivity index (χ1) is 12.8. The van der Waals surface area contributed by atoms with Crippen LogP contribution < -0.4 is 4.90 Å². The van der Waals surface area contributed by atoms with Crippen LogP contribution in [0.5, 0.6) is 0 Å². The van der Waals surface area contributed by atoms with Gasteiger partial charge < -0.3 is 9.64 Å². The summed E-state index contributed by atoms with van der Waals surface area (Å²) in [6.45, 7) is 1.88. The first kappa shape index (κ1) is 20.7. The van der Waals surface area contributed by atoms with Gasteiger partial charge in [0.2, 0.25) is 0 Å². The molecule has 0 aromatic heterocycles. The molecule has 0 heterocycles. The lowest BCUT2D eigenvalue weighted by Crippen LogP contribution is -2.26. The molecule has 0 atom stereocenters. The number of ether oxygens (including phenoxy) is 1. The number of ketones is 1. The number of likely N-dealkylation sites (N-methyl/N-ethyl adjacent to an activating group) is 1. The van der Waals surface area contributed by atoms with Crippen LogP contribution in [0, 0.1) is 0 Å². The summed E-state index contributed by atoms with van der Waals surface area (Å²) in [6.07, 6.45) is 2.12. The molecule has 5 nitrogen and oxygen atoms in total. The Morgan fingerprint density at radius 1 is 1.04 bits per heavy atom. The van der Waals surface area contributed by atoms with Crippen molar-refractivity contribution in [2.45, 2.75) is 6.92 Å². The number of amides is 1. The summed E-state index contributed by atoms with van der Waals surface area (Å²) >= 11 is 12.2. The average Bonchev–Trinajstić information content (AvgIpc) is 2.65. The van der Waals surface area contributed by atoms with Gasteiger partial charge in [-0.2, -0.15) is 0 Å². The Kier molecular flexibility index (Phi) is 7.16. The van der Waals surface area contributed by atoms with Crippen LogP contribution in [0.25, 0.3) is 0 Å². The third-order valence-electron chi connectivity index (χ3n) is 3.66. The van der Waals surface area contributed by atoms with E-state index in [2.05, 4.69) is 0 Å². The summed E-state index contributed by atoms with van der Waals surface area (Å²) in [5.41, 5.74) is 0.851. The van der Waals surface area contributed by atoms with E-state index in [1.165, 1.54) is 18.0 Å². The Bertz CT molecular complexity index is 909. The number of halogens is 2. The molecule has 0 fully saturated rings. The summed E-state index contributed by atoms with van der Waals surface area (Å²) in [4.78, 5) is 38.0. The molecular weight excluding hydrogens is 389 g/mol. The maximum Gasteiger partial charge on any atom is 0.330 e. The van der Waals surface area contributed by atoms with Crippen LogP contribution in [-0.2, 0) is 14.3 Å². The average molecular weight is 406 g/mol. The van der Waals surface area contributed by atoms with Gasteiger partial charge in [0.15, 0.2) is 5.78 Å². The Balaban J connectivity index is 2.38. The van der Waals surface area contributed by atoms with Crippen molar-refractivity contribution in [2.24, 2.45) is 0 Å². The fourth-order valence-electron chi connectivity index (χ4n) is 2.33. The second-order valence-electron chi connectivity index (χ2n) is 5.45. The van der Waals surface area contributed by atoms with E-state index in [4.69, 9.17) is 27.9 Å². The number of benzene rings is 2. The molecule has 0 bridgehead atoms. The molecular formula is C20H17Cl2NO4. The third-order valence-corrected chi connectivity index (χ3v) is 4.23. The minimum Gasteiger partial charge on any atom is -0.463 e. The van der Waals surface area contributed by atoms with Gasteiger partial charge in [-0.25, -0.2) is 4.79 Å². The van der Waals surface area contributed by atoms with Crippen molar-refractivity contribution < 1.29 is 19.1 Å². The number of carbonyl (C=O) groups excluding carboxylic acids is 3. The molecule has 2 aromatic rings. The van der Waals surface area contributed by atoms with E-state index in [1.807, 2.05) is 0 Å². The van der Waals surface area contributed by atoms with Crippen molar-refractivity contribution in [1.29, 1.82) is 0 Å². The molecule has 0 unspecified atom stereocenters. The number of anilines is 1. The Morgan fingerprint density at radius 3 is 2.41 bits per heavy atom. The molecule has 0 aliphatic carbocycles. The summed E-state index contributed by atoms with van der Waals surface area (Å²) in [6, 6.07) is 11.2. The fraction of sp³-hybridized carbons (Fsp3) is 0.150. The molecule has 2 rings (SSSR count). The van der Waals surface area contributed by atoms with Crippen LogP contribution in [0.15, 0.2) is 54.6 Å². The molecule has 27 heavy (non-hydrogen) atoms. The second-order valence-corrected chi connectivity index (χ2v) is 6.30. The van der Waals surface area contributed by atoms with E-state index in [-0.39, 0.29) is 18.0 Å². The lowest BCUT2D eigenvalue weighted by molar-refractivity contribution is -0.137. The zero-order valence-corrected chi connectivity index (χ0v) is 16.3. The minimum absolute atomic E-state index is 0.209. The van der Waals surface area contributed by atoms with Crippen molar-refractivity contribution in [2.75, 3.05) is 18.6 Å². The van der Waals surface area contributed by atoms with Gasteiger partial charge in [0.1, 0.15) is 0 Å². The zero-order chi connectivity index (χ0) is 20.0. The smallest absolute Gasteiger partial charge is 0.330 e. The van der Waals surface area contributed by atoms with Crippen molar-refractivity contribution in [3.05, 3.63) is 75.8 Å². The topological polar surface area (TPSA) is 63.7 Å². The van der Waals surface area contributed by atoms with Gasteiger partial charge >= 0.3 is 5.97 Å². The maximum atomic E-state index is 12.9. The molecule has 0 saturated heterocycles. The van der Waals surface area contributed by atoms with Gasteiger partial charge in [0, 0.05) is 35.3 Å². The quantitative estimate of drug-likeness (QED) is 0.408. The Labute approximate surface area is 167 Å². The number of carbonyl (C=O) groups is 3. The molecule has 140 valence electrons. The lowest BCUT2D eigenvalue weighted by atomic mass is 10.0. The van der Waals surface area contributed by atoms with Crippen LogP contribution >= 0.6 is 23.2 Å². The predicted molar refractivity (Wildman–Crippen MR) is 106 cm³/mol. The molecule has 0 spiro atoms. The number of nitrogens with zero attached hydrogens (tertiary/aromatic N) is 1. The number of rotatable bonds is 6. The van der Waals surface area contributed by atoms with Crippen LogP contribution in [0.3, 0.4) is 0 Å². The largest absolute Gasteiger partial charge is 0.463 e. The van der Waals surface area contributed by atoms with Gasteiger partial charge in [-0.3, -0.25) is 9.59 Å². The lowest BCUT2D eigenvalue weighted by Gasteiger charge is -2.19. The highest BCUT2D eigenvalue weighted by Crippen LogP contribution is 2.28. The van der Waals surface area contributed by atoms with E-state index in [0.717, 1.165) is 12.2 Å². The molecule has 0 aliphatic heterocycles. The summed E-state index contributed by atoms with van der Waals surface area (Å²) in [5.74, 6) is -1.49. The third kappa shape index (κ3) is 5.18. The maximum absolute atomic E-state index is 12.9. The standard InChI is InChI=1S/C20H17Cl2NO4/c1-3-27-19(25)11-10-18(24)23(2)17-9-8-13(21)12-15(17)20(26)14-6-4-5-7-16(14)22/h4-12H,3H2,1-2H3. The van der Waals surface area contributed by atoms with Crippen molar-refractivity contribution >= 4 is 46.5 Å². The Hall–Kier alpha value is -2.63. The first-order valence-corrected chi connectivity index (χ1v) is 8.82. The van der Waals surface area contributed by atoms with Gasteiger partial charge in [-0.15, -0.1) is 0 Å². The molecule has 0 radical (unpaired) electrons. The van der Waals surface area contributed by atoms with E-state index in [9.17, 15) is 14.4 Å². The molecule has 0 aliphatic rings. The summed E-state index contributed by atoms with van der Waals surface area (Å²) in [5, 5.41) is 0.640. The number of esters is 1. The van der Waals surface area contributed by atoms with Crippen molar-refractivity contribution in [3.8, 4) is 0 Å². The van der Waals surface area contributed by atoms with Crippen molar-refractivity contribution in [3.63, 3.8) is 0 Å². The highest BCUT2D eigenvalue weighted by molar-refractivity contribution is 6.36. The number of hydrogen-bond donors (Lipinski definition) is 0. The molecule has 7 heteroatoms. The van der Waals surface area contributed by atoms with E-state index in [0.29, 0.717) is 21.3 Å². The highest BCUT2D eigenvalue weighted by atomic mass is 35.5. The minimum atomic E-state index is -0.622. The van der Waals surface area contributed by atoms with E-state index in [1.54, 1.807) is 43.3 Å². The normalized spacial score (nSPS) is 10.7. The van der Waals surface area contributed by atoms with Gasteiger partial charge in [-0.05, 0) is 37.3 Å². The zero-order valence-electron chi connectivity index (χ0n) is 14.7. The number of hydrogen-bond acceptors (Lipinski definition) is 4. The fourth-order valence-corrected chi connectivity index (χ4v) is 2.73. The monoisotopic (exact) mass is 405 g/mol. The summed E-state index contributed by atoms with van der Waals surface area (Å²) < 4.78 is 4.74. The molecule has 0 saturated carbocycles. The van der Waals surface area contributed by atoms with E-state index < -0.39 is 11.9 Å². The van der Waals surface area contributed by atoms with Gasteiger partial charge in [0.05, 0.1) is 17.3 Å². The molecule has 0 N–H and O–H groups in total. The van der Waals surface area contributed by atoms with Crippen LogP contribution in [0.2, 0.25) is 10.0 Å². The SMILES string of the molecule is CCOC(=O)C=CC(=O)N(C)c1ccc(Cl)cc1C(=O)c1ccccc1Cl. The van der Waals surface area contributed by atoms with Crippen LogP contribution in [0.4, 0.5) is 5.69 Å². The Morgan fingerprint density at radius 2 is 1.74 bits per heavy atom. The first-order valence-electron chi connectivity index (χ1n) is 8.06. The second kappa shape index (κ2) is 9.35. The predicted octanol–water partition coefficient (Wildman–Crippen LogP) is 4.31. The summed E-state index contributed by atoms with van der Waals surface area (Å²) in [7, 11) is 1.49. The van der Waals surface area contributed by atoms with Crippen LogP contribution in [-0.4, -0.2) is 31.3 Å². The molecule has 2 aromatic carbocycles. The van der Waals surface area contributed by atoms with Crippen LogP contribution in [0.1, 0.15) is 22.8 Å². The van der Waals surface area contributed by atoms with E-state index >= 15 is 0 Å². The molecule has 1 amide bonds. The van der Waals surface area contributed by atoms with Gasteiger partial charge in [0.25, 0.3) is 5.91 Å².